The zero-order valence-electron chi connectivity index (χ0n) is 17.1. The molecule has 1 amide bonds. The van der Waals surface area contributed by atoms with Gasteiger partial charge in [0.2, 0.25) is 11.7 Å². The molecule has 0 spiro atoms. The number of rotatable bonds is 6. The highest BCUT2D eigenvalue weighted by molar-refractivity contribution is 8.00. The lowest BCUT2D eigenvalue weighted by Gasteiger charge is -2.34. The molecule has 1 unspecified atom stereocenters. The first-order valence-electron chi connectivity index (χ1n) is 10.1. The molecular weight excluding hydrogens is 461 g/mol. The maximum absolute atomic E-state index is 14.3. The Bertz CT molecular complexity index is 1140. The highest BCUT2D eigenvalue weighted by atomic mass is 32.2. The van der Waals surface area contributed by atoms with Gasteiger partial charge in [0.25, 0.3) is 0 Å². The van der Waals surface area contributed by atoms with Gasteiger partial charge in [-0.15, -0.1) is 11.8 Å². The molecule has 4 nitrogen and oxygen atoms in total. The zero-order chi connectivity index (χ0) is 23.6. The number of hydrogen-bond acceptors (Lipinski definition) is 4. The van der Waals surface area contributed by atoms with Crippen molar-refractivity contribution in [3.63, 3.8) is 0 Å². The second kappa shape index (κ2) is 9.46. The highest BCUT2D eigenvalue weighted by Crippen LogP contribution is 2.41. The van der Waals surface area contributed by atoms with E-state index in [-0.39, 0.29) is 40.6 Å². The molecule has 4 rings (SSSR count). The van der Waals surface area contributed by atoms with Crippen molar-refractivity contribution >= 4 is 17.7 Å². The number of nitrogens with one attached hydrogen (secondary N) is 1. The van der Waals surface area contributed by atoms with Crippen molar-refractivity contribution in [1.29, 1.82) is 0 Å². The number of carbonyl (C=O) groups is 1. The SMILES string of the molecule is O=C(NCc1ccc(F)c(-c2cnc(C(F)(F)F)nc2)c1)[C@@H]1CCC1Sc1ccc(F)cc1. The Morgan fingerprint density at radius 3 is 2.33 bits per heavy atom. The van der Waals surface area contributed by atoms with Crippen LogP contribution < -0.4 is 5.32 Å². The van der Waals surface area contributed by atoms with E-state index in [1.807, 2.05) is 0 Å². The lowest BCUT2D eigenvalue weighted by molar-refractivity contribution is -0.145. The largest absolute Gasteiger partial charge is 0.451 e. The normalized spacial score (nSPS) is 18.0. The van der Waals surface area contributed by atoms with Crippen LogP contribution in [0.3, 0.4) is 0 Å². The fraction of sp³-hybridized carbons (Fsp3) is 0.261. The quantitative estimate of drug-likeness (QED) is 0.466. The smallest absolute Gasteiger partial charge is 0.352 e. The first kappa shape index (κ1) is 23.2. The van der Waals surface area contributed by atoms with E-state index in [1.54, 1.807) is 12.1 Å². The number of halogens is 5. The van der Waals surface area contributed by atoms with Gasteiger partial charge in [-0.2, -0.15) is 13.2 Å². The average Bonchev–Trinajstić information content (AvgIpc) is 2.77. The van der Waals surface area contributed by atoms with Crippen molar-refractivity contribution < 1.29 is 26.7 Å². The first-order valence-corrected chi connectivity index (χ1v) is 11.0. The Hall–Kier alpha value is -3.01. The Balaban J connectivity index is 1.38. The van der Waals surface area contributed by atoms with Crippen LogP contribution in [0.4, 0.5) is 22.0 Å². The van der Waals surface area contributed by atoms with Crippen molar-refractivity contribution in [2.45, 2.75) is 35.7 Å². The van der Waals surface area contributed by atoms with E-state index in [1.165, 1.54) is 42.1 Å². The molecule has 1 aliphatic rings. The molecule has 2 atom stereocenters. The molecule has 1 aromatic heterocycles. The summed E-state index contributed by atoms with van der Waals surface area (Å²) in [5.41, 5.74) is 0.731. The lowest BCUT2D eigenvalue weighted by Crippen LogP contribution is -2.42. The molecule has 172 valence electrons. The summed E-state index contributed by atoms with van der Waals surface area (Å²) < 4.78 is 65.3. The van der Waals surface area contributed by atoms with Crippen molar-refractivity contribution in [2.75, 3.05) is 0 Å². The van der Waals surface area contributed by atoms with Gasteiger partial charge in [-0.25, -0.2) is 18.7 Å². The summed E-state index contributed by atoms with van der Waals surface area (Å²) in [6.07, 6.45) is -1.24. The van der Waals surface area contributed by atoms with E-state index in [0.717, 1.165) is 30.1 Å². The number of hydrogen-bond donors (Lipinski definition) is 1. The lowest BCUT2D eigenvalue weighted by atomic mass is 9.84. The monoisotopic (exact) mass is 479 g/mol. The van der Waals surface area contributed by atoms with E-state index in [2.05, 4.69) is 15.3 Å². The van der Waals surface area contributed by atoms with Crippen LogP contribution in [0.5, 0.6) is 0 Å². The topological polar surface area (TPSA) is 54.9 Å². The third-order valence-electron chi connectivity index (χ3n) is 5.36. The van der Waals surface area contributed by atoms with Crippen LogP contribution in [0.1, 0.15) is 24.2 Å². The molecule has 0 radical (unpaired) electrons. The molecule has 0 saturated heterocycles. The first-order chi connectivity index (χ1) is 15.7. The molecule has 33 heavy (non-hydrogen) atoms. The van der Waals surface area contributed by atoms with Crippen LogP contribution in [0, 0.1) is 17.6 Å². The minimum atomic E-state index is -4.68. The highest BCUT2D eigenvalue weighted by Gasteiger charge is 2.37. The van der Waals surface area contributed by atoms with Gasteiger partial charge in [0.15, 0.2) is 0 Å². The van der Waals surface area contributed by atoms with Crippen molar-refractivity contribution in [2.24, 2.45) is 5.92 Å². The van der Waals surface area contributed by atoms with E-state index in [0.29, 0.717) is 5.56 Å². The Kier molecular flexibility index (Phi) is 6.64. The molecule has 1 saturated carbocycles. The summed E-state index contributed by atoms with van der Waals surface area (Å²) in [7, 11) is 0. The van der Waals surface area contributed by atoms with Gasteiger partial charge in [0.05, 0.1) is 5.92 Å². The second-order valence-corrected chi connectivity index (χ2v) is 8.93. The average molecular weight is 479 g/mol. The van der Waals surface area contributed by atoms with Crippen molar-refractivity contribution in [3.05, 3.63) is 77.9 Å². The Morgan fingerprint density at radius 1 is 1.03 bits per heavy atom. The molecule has 2 aromatic carbocycles. The minimum Gasteiger partial charge on any atom is -0.352 e. The fourth-order valence-electron chi connectivity index (χ4n) is 3.44. The predicted octanol–water partition coefficient (Wildman–Crippen LogP) is 5.63. The van der Waals surface area contributed by atoms with Crippen LogP contribution in [0.2, 0.25) is 0 Å². The number of carbonyl (C=O) groups excluding carboxylic acids is 1. The number of thioether (sulfide) groups is 1. The second-order valence-electron chi connectivity index (χ2n) is 7.62. The Morgan fingerprint density at radius 2 is 1.73 bits per heavy atom. The number of benzene rings is 2. The van der Waals surface area contributed by atoms with Crippen LogP contribution in [-0.2, 0) is 17.5 Å². The zero-order valence-corrected chi connectivity index (χ0v) is 17.9. The molecular formula is C23H18F5N3OS. The van der Waals surface area contributed by atoms with Gasteiger partial charge >= 0.3 is 6.18 Å². The number of amides is 1. The van der Waals surface area contributed by atoms with Gasteiger partial charge in [0.1, 0.15) is 11.6 Å². The Labute approximate surface area is 190 Å². The summed E-state index contributed by atoms with van der Waals surface area (Å²) in [6, 6.07) is 10.2. The number of aromatic nitrogens is 2. The molecule has 1 aliphatic carbocycles. The third kappa shape index (κ3) is 5.50. The van der Waals surface area contributed by atoms with Gasteiger partial charge in [0, 0.05) is 40.2 Å². The van der Waals surface area contributed by atoms with Crippen LogP contribution >= 0.6 is 11.8 Å². The van der Waals surface area contributed by atoms with E-state index >= 15 is 0 Å². The van der Waals surface area contributed by atoms with Crippen LogP contribution in [0.15, 0.2) is 59.8 Å². The van der Waals surface area contributed by atoms with E-state index < -0.39 is 17.8 Å². The fourth-order valence-corrected chi connectivity index (χ4v) is 4.76. The number of nitrogens with zero attached hydrogens (tertiary/aromatic N) is 2. The minimum absolute atomic E-state index is 0.0452. The summed E-state index contributed by atoms with van der Waals surface area (Å²) in [6.45, 7) is 0.137. The maximum Gasteiger partial charge on any atom is 0.451 e. The summed E-state index contributed by atoms with van der Waals surface area (Å²) in [4.78, 5) is 20.0. The van der Waals surface area contributed by atoms with Crippen molar-refractivity contribution in [3.8, 4) is 11.1 Å². The van der Waals surface area contributed by atoms with Crippen molar-refractivity contribution in [1.82, 2.24) is 15.3 Å². The number of alkyl halides is 3. The maximum atomic E-state index is 14.3. The molecule has 0 bridgehead atoms. The van der Waals surface area contributed by atoms with Crippen LogP contribution in [-0.4, -0.2) is 21.1 Å². The summed E-state index contributed by atoms with van der Waals surface area (Å²) >= 11 is 1.53. The third-order valence-corrected chi connectivity index (χ3v) is 6.77. The standard InChI is InChI=1S/C23H18F5N3OS/c24-15-2-4-16(5-3-15)33-20-8-6-17(20)21(32)29-10-13-1-7-19(25)18(9-13)14-11-30-22(31-12-14)23(26,27)28/h1-5,7,9,11-12,17,20H,6,8,10H2,(H,29,32)/t17-,20?/m1/s1. The van der Waals surface area contributed by atoms with E-state index in [4.69, 9.17) is 0 Å². The van der Waals surface area contributed by atoms with E-state index in [9.17, 15) is 26.7 Å². The summed E-state index contributed by atoms with van der Waals surface area (Å²) in [5, 5.41) is 2.92. The van der Waals surface area contributed by atoms with Gasteiger partial charge in [-0.1, -0.05) is 6.07 Å². The summed E-state index contributed by atoms with van der Waals surface area (Å²) in [5.74, 6) is -2.58. The van der Waals surface area contributed by atoms with Crippen LogP contribution in [0.25, 0.3) is 11.1 Å². The molecule has 1 N–H and O–H groups in total. The molecule has 3 aromatic rings. The van der Waals surface area contributed by atoms with Gasteiger partial charge in [-0.3, -0.25) is 4.79 Å². The molecule has 1 heterocycles. The van der Waals surface area contributed by atoms with Gasteiger partial charge in [-0.05, 0) is 54.8 Å². The molecule has 0 aliphatic heterocycles. The predicted molar refractivity (Wildman–Crippen MR) is 113 cm³/mol. The van der Waals surface area contributed by atoms with Gasteiger partial charge < -0.3 is 5.32 Å². The molecule has 10 heteroatoms. The molecule has 1 fully saturated rings.